The number of aliphatic hydroxyl groups excluding tert-OH is 1. The second kappa shape index (κ2) is 7.06. The highest BCUT2D eigenvalue weighted by molar-refractivity contribution is 5.71. The summed E-state index contributed by atoms with van der Waals surface area (Å²) >= 11 is 0. The lowest BCUT2D eigenvalue weighted by Crippen LogP contribution is -2.28. The van der Waals surface area contributed by atoms with Crippen molar-refractivity contribution in [3.05, 3.63) is 0 Å². The zero-order chi connectivity index (χ0) is 9.40. The molecule has 0 saturated carbocycles. The third-order valence-electron chi connectivity index (χ3n) is 1.61. The molecule has 0 radical (unpaired) electrons. The predicted molar refractivity (Wildman–Crippen MR) is 45.8 cm³/mol. The Kier molecular flexibility index (Phi) is 6.70. The number of carbonyl (C=O) groups is 1. The molecule has 0 rings (SSSR count). The van der Waals surface area contributed by atoms with Crippen LogP contribution >= 0.6 is 0 Å². The summed E-state index contributed by atoms with van der Waals surface area (Å²) in [5.41, 5.74) is 0. The summed E-state index contributed by atoms with van der Waals surface area (Å²) in [5.74, 6) is 0.130. The van der Waals surface area contributed by atoms with E-state index in [4.69, 9.17) is 5.11 Å². The molecule has 0 bridgehead atoms. The third kappa shape index (κ3) is 6.12. The summed E-state index contributed by atoms with van der Waals surface area (Å²) in [6.07, 6.45) is 0.758. The van der Waals surface area contributed by atoms with E-state index >= 15 is 0 Å². The summed E-state index contributed by atoms with van der Waals surface area (Å²) in [6, 6.07) is 0. The van der Waals surface area contributed by atoms with Crippen LogP contribution in [0.15, 0.2) is 0 Å². The number of esters is 1. The molecule has 0 aromatic carbocycles. The first-order valence-corrected chi connectivity index (χ1v) is 4.09. The predicted octanol–water partition coefficient (Wildman–Crippen LogP) is -0.233. The van der Waals surface area contributed by atoms with Gasteiger partial charge < -0.3 is 15.2 Å². The van der Waals surface area contributed by atoms with Gasteiger partial charge in [-0.3, -0.25) is 4.79 Å². The fourth-order valence-corrected chi connectivity index (χ4v) is 0.815. The van der Waals surface area contributed by atoms with E-state index in [1.54, 1.807) is 0 Å². The van der Waals surface area contributed by atoms with Crippen LogP contribution in [-0.2, 0) is 9.53 Å². The van der Waals surface area contributed by atoms with E-state index in [1.807, 2.05) is 6.92 Å². The van der Waals surface area contributed by atoms with Gasteiger partial charge in [-0.25, -0.2) is 0 Å². The third-order valence-corrected chi connectivity index (χ3v) is 1.61. The molecule has 0 aromatic heterocycles. The molecular weight excluding hydrogens is 158 g/mol. The molecule has 0 aliphatic carbocycles. The van der Waals surface area contributed by atoms with Gasteiger partial charge in [0.15, 0.2) is 0 Å². The molecule has 1 unspecified atom stereocenters. The highest BCUT2D eigenvalue weighted by atomic mass is 16.5. The fraction of sp³-hybridized carbons (Fsp3) is 0.875. The van der Waals surface area contributed by atoms with Gasteiger partial charge in [0.25, 0.3) is 0 Å². The van der Waals surface area contributed by atoms with Crippen molar-refractivity contribution in [3.63, 3.8) is 0 Å². The van der Waals surface area contributed by atoms with E-state index in [9.17, 15) is 4.79 Å². The number of hydrogen-bond donors (Lipinski definition) is 2. The van der Waals surface area contributed by atoms with Gasteiger partial charge in [0.2, 0.25) is 0 Å². The lowest BCUT2D eigenvalue weighted by atomic mass is 10.1. The zero-order valence-electron chi connectivity index (χ0n) is 7.67. The van der Waals surface area contributed by atoms with E-state index in [1.165, 1.54) is 7.11 Å². The van der Waals surface area contributed by atoms with Crippen molar-refractivity contribution in [1.29, 1.82) is 0 Å². The molecule has 12 heavy (non-hydrogen) atoms. The van der Waals surface area contributed by atoms with E-state index in [0.29, 0.717) is 5.92 Å². The topological polar surface area (TPSA) is 58.6 Å². The van der Waals surface area contributed by atoms with Crippen molar-refractivity contribution in [2.24, 2.45) is 5.92 Å². The molecule has 4 heteroatoms. The van der Waals surface area contributed by atoms with Crippen molar-refractivity contribution < 1.29 is 14.6 Å². The Morgan fingerprint density at radius 3 is 2.83 bits per heavy atom. The van der Waals surface area contributed by atoms with E-state index in [-0.39, 0.29) is 19.1 Å². The second-order valence-electron chi connectivity index (χ2n) is 2.82. The molecule has 72 valence electrons. The summed E-state index contributed by atoms with van der Waals surface area (Å²) in [4.78, 5) is 10.6. The molecular formula is C8H17NO3. The number of rotatable bonds is 6. The molecule has 2 N–H and O–H groups in total. The minimum Gasteiger partial charge on any atom is -0.468 e. The van der Waals surface area contributed by atoms with Crippen LogP contribution in [0.1, 0.15) is 13.3 Å². The van der Waals surface area contributed by atoms with Gasteiger partial charge in [0.1, 0.15) is 0 Å². The molecule has 1 atom stereocenters. The smallest absolute Gasteiger partial charge is 0.319 e. The summed E-state index contributed by atoms with van der Waals surface area (Å²) < 4.78 is 4.44. The van der Waals surface area contributed by atoms with Crippen molar-refractivity contribution >= 4 is 5.97 Å². The van der Waals surface area contributed by atoms with Crippen molar-refractivity contribution in [2.45, 2.75) is 13.3 Å². The lowest BCUT2D eigenvalue weighted by Gasteiger charge is -2.09. The van der Waals surface area contributed by atoms with Gasteiger partial charge in [-0.05, 0) is 18.9 Å². The van der Waals surface area contributed by atoms with Crippen LogP contribution in [0.4, 0.5) is 0 Å². The Bertz CT molecular complexity index is 127. The van der Waals surface area contributed by atoms with Gasteiger partial charge in [-0.1, -0.05) is 6.92 Å². The van der Waals surface area contributed by atoms with Gasteiger partial charge in [-0.2, -0.15) is 0 Å². The van der Waals surface area contributed by atoms with Crippen LogP contribution in [0.5, 0.6) is 0 Å². The van der Waals surface area contributed by atoms with Crippen molar-refractivity contribution in [2.75, 3.05) is 26.8 Å². The maximum Gasteiger partial charge on any atom is 0.319 e. The Morgan fingerprint density at radius 1 is 1.67 bits per heavy atom. The molecule has 0 saturated heterocycles. The number of aliphatic hydroxyl groups is 1. The van der Waals surface area contributed by atoms with E-state index in [0.717, 1.165) is 13.0 Å². The van der Waals surface area contributed by atoms with Crippen LogP contribution in [0, 0.1) is 5.92 Å². The highest BCUT2D eigenvalue weighted by Gasteiger charge is 2.02. The Hall–Kier alpha value is -0.610. The maximum atomic E-state index is 10.6. The first kappa shape index (κ1) is 11.4. The molecule has 0 amide bonds. The van der Waals surface area contributed by atoms with Gasteiger partial charge in [0, 0.05) is 6.61 Å². The number of nitrogens with one attached hydrogen (secondary N) is 1. The Labute approximate surface area is 72.9 Å². The average molecular weight is 175 g/mol. The van der Waals surface area contributed by atoms with Crippen LogP contribution in [0.25, 0.3) is 0 Å². The average Bonchev–Trinajstić information content (AvgIpc) is 2.04. The Morgan fingerprint density at radius 2 is 2.33 bits per heavy atom. The normalized spacial score (nSPS) is 12.6. The van der Waals surface area contributed by atoms with Gasteiger partial charge >= 0.3 is 5.97 Å². The zero-order valence-corrected chi connectivity index (χ0v) is 7.67. The Balaban J connectivity index is 3.24. The van der Waals surface area contributed by atoms with Crippen LogP contribution in [-0.4, -0.2) is 37.9 Å². The van der Waals surface area contributed by atoms with Crippen LogP contribution in [0.3, 0.4) is 0 Å². The highest BCUT2D eigenvalue weighted by Crippen LogP contribution is 1.97. The summed E-state index contributed by atoms with van der Waals surface area (Å²) in [6.45, 7) is 3.18. The fourth-order valence-electron chi connectivity index (χ4n) is 0.815. The molecule has 0 spiro atoms. The van der Waals surface area contributed by atoms with E-state index in [2.05, 4.69) is 10.1 Å². The second-order valence-corrected chi connectivity index (χ2v) is 2.82. The lowest BCUT2D eigenvalue weighted by molar-refractivity contribution is -0.139. The number of carbonyl (C=O) groups excluding carboxylic acids is 1. The first-order valence-electron chi connectivity index (χ1n) is 4.09. The molecule has 0 fully saturated rings. The van der Waals surface area contributed by atoms with Gasteiger partial charge in [0.05, 0.1) is 13.7 Å². The maximum absolute atomic E-state index is 10.6. The summed E-state index contributed by atoms with van der Waals surface area (Å²) in [7, 11) is 1.36. The monoisotopic (exact) mass is 175 g/mol. The van der Waals surface area contributed by atoms with Crippen LogP contribution in [0.2, 0.25) is 0 Å². The van der Waals surface area contributed by atoms with E-state index < -0.39 is 0 Å². The largest absolute Gasteiger partial charge is 0.468 e. The molecule has 0 heterocycles. The van der Waals surface area contributed by atoms with Gasteiger partial charge in [-0.15, -0.1) is 0 Å². The van der Waals surface area contributed by atoms with Crippen molar-refractivity contribution in [3.8, 4) is 0 Å². The minimum absolute atomic E-state index is 0.196. The quantitative estimate of drug-likeness (QED) is 0.547. The SMILES string of the molecule is COC(=O)CNCC(C)CCO. The number of methoxy groups -OCH3 is 1. The van der Waals surface area contributed by atoms with Crippen molar-refractivity contribution in [1.82, 2.24) is 5.32 Å². The first-order chi connectivity index (χ1) is 5.70. The minimum atomic E-state index is -0.258. The molecule has 4 nitrogen and oxygen atoms in total. The summed E-state index contributed by atoms with van der Waals surface area (Å²) in [5, 5.41) is 11.5. The standard InChI is InChI=1S/C8H17NO3/c1-7(3-4-10)5-9-6-8(11)12-2/h7,9-10H,3-6H2,1-2H3. The molecule has 0 aliphatic rings. The number of hydrogen-bond acceptors (Lipinski definition) is 4. The number of ether oxygens (including phenoxy) is 1. The van der Waals surface area contributed by atoms with Crippen LogP contribution < -0.4 is 5.32 Å². The molecule has 0 aromatic rings. The molecule has 0 aliphatic heterocycles.